The van der Waals surface area contributed by atoms with E-state index >= 15 is 0 Å². The Kier molecular flexibility index (Phi) is 7.49. The lowest BCUT2D eigenvalue weighted by atomic mass is 10.0. The molecule has 0 aromatic heterocycles. The van der Waals surface area contributed by atoms with Crippen LogP contribution in [0.3, 0.4) is 0 Å². The van der Waals surface area contributed by atoms with Crippen molar-refractivity contribution in [2.45, 2.75) is 26.7 Å². The van der Waals surface area contributed by atoms with Crippen molar-refractivity contribution in [1.82, 2.24) is 10.6 Å². The molecule has 0 bridgehead atoms. The average molecular weight is 244 g/mol. The molecular formula is C10H20N4O3. The molecule has 0 saturated heterocycles. The minimum atomic E-state index is -0.623. The van der Waals surface area contributed by atoms with Gasteiger partial charge in [-0.2, -0.15) is 0 Å². The van der Waals surface area contributed by atoms with Gasteiger partial charge in [-0.1, -0.05) is 18.5 Å². The lowest BCUT2D eigenvalue weighted by molar-refractivity contribution is -0.123. The molecule has 0 aromatic carbocycles. The largest absolute Gasteiger partial charge is 0.409 e. The monoisotopic (exact) mass is 244 g/mol. The van der Waals surface area contributed by atoms with E-state index in [0.717, 1.165) is 6.42 Å². The van der Waals surface area contributed by atoms with Gasteiger partial charge in [-0.3, -0.25) is 9.59 Å². The molecule has 1 atom stereocenters. The number of hydrogen-bond donors (Lipinski definition) is 4. The van der Waals surface area contributed by atoms with E-state index in [4.69, 9.17) is 10.9 Å². The first-order valence-corrected chi connectivity index (χ1v) is 5.52. The molecule has 2 amide bonds. The molecule has 7 heteroatoms. The number of nitrogens with zero attached hydrogens (tertiary/aromatic N) is 1. The summed E-state index contributed by atoms with van der Waals surface area (Å²) in [4.78, 5) is 22.3. The van der Waals surface area contributed by atoms with Crippen molar-refractivity contribution in [1.29, 1.82) is 0 Å². The highest BCUT2D eigenvalue weighted by molar-refractivity contribution is 6.02. The van der Waals surface area contributed by atoms with Crippen LogP contribution in [0.25, 0.3) is 0 Å². The standard InChI is InChI=1S/C10H20N4O3/c1-3-4-8(9(11)14-17)10(16)13-6-5-12-7(2)15/h8,17H,3-6H2,1-2H3,(H2,11,14)(H,12,15)(H,13,16). The third-order valence-corrected chi connectivity index (χ3v) is 2.16. The fourth-order valence-corrected chi connectivity index (χ4v) is 1.32. The van der Waals surface area contributed by atoms with Crippen molar-refractivity contribution in [3.63, 3.8) is 0 Å². The fraction of sp³-hybridized carbons (Fsp3) is 0.700. The first-order valence-electron chi connectivity index (χ1n) is 5.52. The van der Waals surface area contributed by atoms with Crippen molar-refractivity contribution >= 4 is 17.6 Å². The molecule has 0 aliphatic rings. The van der Waals surface area contributed by atoms with Gasteiger partial charge in [0.1, 0.15) is 0 Å². The number of hydrogen-bond acceptors (Lipinski definition) is 4. The maximum Gasteiger partial charge on any atom is 0.230 e. The second-order valence-electron chi connectivity index (χ2n) is 3.64. The van der Waals surface area contributed by atoms with Crippen LogP contribution in [0.4, 0.5) is 0 Å². The van der Waals surface area contributed by atoms with Crippen molar-refractivity contribution in [2.75, 3.05) is 13.1 Å². The van der Waals surface area contributed by atoms with Crippen LogP contribution in [-0.4, -0.2) is 35.9 Å². The Hall–Kier alpha value is -1.79. The van der Waals surface area contributed by atoms with Gasteiger partial charge in [0, 0.05) is 20.0 Å². The van der Waals surface area contributed by atoms with Gasteiger partial charge in [0.25, 0.3) is 0 Å². The smallest absolute Gasteiger partial charge is 0.230 e. The first-order chi connectivity index (χ1) is 8.02. The van der Waals surface area contributed by atoms with Crippen LogP contribution in [0.15, 0.2) is 5.16 Å². The molecule has 5 N–H and O–H groups in total. The Morgan fingerprint density at radius 2 is 1.94 bits per heavy atom. The highest BCUT2D eigenvalue weighted by Crippen LogP contribution is 2.06. The normalized spacial score (nSPS) is 12.9. The number of rotatable bonds is 7. The molecule has 0 heterocycles. The van der Waals surface area contributed by atoms with Gasteiger partial charge in [0.05, 0.1) is 5.92 Å². The highest BCUT2D eigenvalue weighted by Gasteiger charge is 2.21. The molecule has 1 unspecified atom stereocenters. The summed E-state index contributed by atoms with van der Waals surface area (Å²) in [6.07, 6.45) is 1.27. The van der Waals surface area contributed by atoms with Crippen LogP contribution in [0, 0.1) is 5.92 Å². The maximum atomic E-state index is 11.7. The van der Waals surface area contributed by atoms with Crippen molar-refractivity contribution in [3.05, 3.63) is 0 Å². The molecule has 0 fully saturated rings. The average Bonchev–Trinajstić information content (AvgIpc) is 2.30. The van der Waals surface area contributed by atoms with Crippen molar-refractivity contribution < 1.29 is 14.8 Å². The Labute approximate surface area is 100 Å². The molecule has 0 radical (unpaired) electrons. The van der Waals surface area contributed by atoms with Crippen LogP contribution in [0.1, 0.15) is 26.7 Å². The van der Waals surface area contributed by atoms with Gasteiger partial charge in [-0.15, -0.1) is 0 Å². The number of amidine groups is 1. The maximum absolute atomic E-state index is 11.7. The van der Waals surface area contributed by atoms with Crippen LogP contribution in [0.5, 0.6) is 0 Å². The molecule has 0 aliphatic carbocycles. The lowest BCUT2D eigenvalue weighted by Gasteiger charge is -2.14. The van der Waals surface area contributed by atoms with Crippen molar-refractivity contribution in [3.8, 4) is 0 Å². The summed E-state index contributed by atoms with van der Waals surface area (Å²) in [6.45, 7) is 3.98. The molecule has 0 spiro atoms. The number of oxime groups is 1. The summed E-state index contributed by atoms with van der Waals surface area (Å²) in [7, 11) is 0. The van der Waals surface area contributed by atoms with Crippen molar-refractivity contribution in [2.24, 2.45) is 16.8 Å². The van der Waals surface area contributed by atoms with Crippen LogP contribution in [0.2, 0.25) is 0 Å². The summed E-state index contributed by atoms with van der Waals surface area (Å²) in [5.74, 6) is -1.17. The van der Waals surface area contributed by atoms with E-state index in [2.05, 4.69) is 15.8 Å². The third kappa shape index (κ3) is 6.39. The van der Waals surface area contributed by atoms with Gasteiger partial charge in [-0.05, 0) is 6.42 Å². The Morgan fingerprint density at radius 3 is 2.41 bits per heavy atom. The number of nitrogens with one attached hydrogen (secondary N) is 2. The van der Waals surface area contributed by atoms with Gasteiger partial charge in [0.15, 0.2) is 5.84 Å². The zero-order valence-electron chi connectivity index (χ0n) is 10.2. The van der Waals surface area contributed by atoms with Crippen LogP contribution >= 0.6 is 0 Å². The fourth-order valence-electron chi connectivity index (χ4n) is 1.32. The molecule has 0 rings (SSSR count). The first kappa shape index (κ1) is 15.2. The summed E-state index contributed by atoms with van der Waals surface area (Å²) in [5, 5.41) is 16.6. The summed E-state index contributed by atoms with van der Waals surface area (Å²) in [6, 6.07) is 0. The quantitative estimate of drug-likeness (QED) is 0.157. The Bertz CT molecular complexity index is 291. The molecule has 0 aromatic rings. The summed E-state index contributed by atoms with van der Waals surface area (Å²) >= 11 is 0. The minimum absolute atomic E-state index is 0.0936. The van der Waals surface area contributed by atoms with E-state index < -0.39 is 5.92 Å². The highest BCUT2D eigenvalue weighted by atomic mass is 16.4. The van der Waals surface area contributed by atoms with Gasteiger partial charge in [-0.25, -0.2) is 0 Å². The Balaban J connectivity index is 4.11. The second kappa shape index (κ2) is 8.37. The number of carbonyl (C=O) groups excluding carboxylic acids is 2. The minimum Gasteiger partial charge on any atom is -0.409 e. The number of nitrogens with two attached hydrogens (primary N) is 1. The van der Waals surface area contributed by atoms with E-state index in [1.54, 1.807) is 0 Å². The number of carbonyl (C=O) groups is 2. The zero-order chi connectivity index (χ0) is 13.3. The third-order valence-electron chi connectivity index (χ3n) is 2.16. The van der Waals surface area contributed by atoms with E-state index in [1.165, 1.54) is 6.92 Å². The molecule has 98 valence electrons. The van der Waals surface area contributed by atoms with Gasteiger partial charge < -0.3 is 21.6 Å². The topological polar surface area (TPSA) is 117 Å². The second-order valence-corrected chi connectivity index (χ2v) is 3.64. The van der Waals surface area contributed by atoms with E-state index in [9.17, 15) is 9.59 Å². The van der Waals surface area contributed by atoms with Gasteiger partial charge >= 0.3 is 0 Å². The molecule has 17 heavy (non-hydrogen) atoms. The van der Waals surface area contributed by atoms with Gasteiger partial charge in [0.2, 0.25) is 11.8 Å². The summed E-state index contributed by atoms with van der Waals surface area (Å²) < 4.78 is 0. The molecule has 0 saturated carbocycles. The summed E-state index contributed by atoms with van der Waals surface area (Å²) in [5.41, 5.74) is 5.43. The van der Waals surface area contributed by atoms with E-state index in [1.807, 2.05) is 6.92 Å². The predicted molar refractivity (Wildman–Crippen MR) is 63.5 cm³/mol. The zero-order valence-corrected chi connectivity index (χ0v) is 10.2. The molecular weight excluding hydrogens is 224 g/mol. The van der Waals surface area contributed by atoms with Crippen LogP contribution in [-0.2, 0) is 9.59 Å². The SMILES string of the molecule is CCCC(C(=O)NCCNC(C)=O)/C(N)=N/O. The van der Waals surface area contributed by atoms with E-state index in [-0.39, 0.29) is 17.6 Å². The predicted octanol–water partition coefficient (Wildman–Crippen LogP) is -0.599. The molecule has 0 aliphatic heterocycles. The Morgan fingerprint density at radius 1 is 1.35 bits per heavy atom. The van der Waals surface area contributed by atoms with Crippen LogP contribution < -0.4 is 16.4 Å². The lowest BCUT2D eigenvalue weighted by Crippen LogP contribution is -2.41. The molecule has 7 nitrogen and oxygen atoms in total. The number of amides is 2. The van der Waals surface area contributed by atoms with E-state index in [0.29, 0.717) is 19.5 Å².